The van der Waals surface area contributed by atoms with Gasteiger partial charge in [-0.3, -0.25) is 0 Å². The Hall–Kier alpha value is -1.10. The number of hydrogen-bond acceptors (Lipinski definition) is 1. The van der Waals surface area contributed by atoms with E-state index in [4.69, 9.17) is 0 Å². The summed E-state index contributed by atoms with van der Waals surface area (Å²) in [5.41, 5.74) is 2.23. The highest BCUT2D eigenvalue weighted by Gasteiger charge is 2.10. The average molecular weight is 355 g/mol. The van der Waals surface area contributed by atoms with Gasteiger partial charge in [0.05, 0.1) is 6.04 Å². The summed E-state index contributed by atoms with van der Waals surface area (Å²) in [7, 11) is 0. The lowest BCUT2D eigenvalue weighted by atomic mass is 10.0. The molecule has 0 amide bonds. The molecule has 3 heteroatoms. The smallest absolute Gasteiger partial charge is 0.123 e. The second kappa shape index (κ2) is 6.18. The fourth-order valence-corrected chi connectivity index (χ4v) is 2.43. The lowest BCUT2D eigenvalue weighted by Gasteiger charge is -2.19. The maximum absolute atomic E-state index is 12.9. The molecular weight excluding hydrogens is 340 g/mol. The number of para-hydroxylation sites is 1. The summed E-state index contributed by atoms with van der Waals surface area (Å²) in [6.45, 7) is 2.12. The highest BCUT2D eigenvalue weighted by atomic mass is 127. The van der Waals surface area contributed by atoms with Gasteiger partial charge in [-0.25, -0.2) is 4.39 Å². The van der Waals surface area contributed by atoms with Crippen LogP contribution in [0.25, 0.3) is 0 Å². The topological polar surface area (TPSA) is 12.0 Å². The van der Waals surface area contributed by atoms with E-state index in [2.05, 4.69) is 47.0 Å². The van der Waals surface area contributed by atoms with Crippen molar-refractivity contribution in [1.29, 1.82) is 0 Å². The largest absolute Gasteiger partial charge is 0.377 e. The Bertz CT molecular complexity index is 510. The number of hydrogen-bond donors (Lipinski definition) is 1. The van der Waals surface area contributed by atoms with Gasteiger partial charge in [0, 0.05) is 9.26 Å². The predicted octanol–water partition coefficient (Wildman–Crippen LogP) is 4.99. The summed E-state index contributed by atoms with van der Waals surface area (Å²) >= 11 is 2.31. The molecule has 0 spiro atoms. The van der Waals surface area contributed by atoms with Crippen molar-refractivity contribution in [3.8, 4) is 0 Å². The van der Waals surface area contributed by atoms with Crippen LogP contribution in [0, 0.1) is 9.39 Å². The first-order chi connectivity index (χ1) is 8.70. The summed E-state index contributed by atoms with van der Waals surface area (Å²) in [5.74, 6) is -0.192. The second-order valence-electron chi connectivity index (χ2n) is 4.14. The van der Waals surface area contributed by atoms with Gasteiger partial charge in [-0.15, -0.1) is 0 Å². The first-order valence-corrected chi connectivity index (χ1v) is 7.05. The standard InChI is InChI=1S/C15H15FIN/c1-2-14(11-7-9-12(16)10-8-11)18-15-6-4-3-5-13(15)17/h3-10,14,18H,2H2,1H3. The second-order valence-corrected chi connectivity index (χ2v) is 5.30. The molecule has 2 rings (SSSR count). The van der Waals surface area contributed by atoms with Crippen molar-refractivity contribution in [1.82, 2.24) is 0 Å². The van der Waals surface area contributed by atoms with Crippen molar-refractivity contribution in [3.05, 3.63) is 63.5 Å². The van der Waals surface area contributed by atoms with E-state index in [0.717, 1.165) is 17.7 Å². The molecule has 18 heavy (non-hydrogen) atoms. The number of rotatable bonds is 4. The van der Waals surface area contributed by atoms with Gasteiger partial charge in [0.15, 0.2) is 0 Å². The molecular formula is C15H15FIN. The van der Waals surface area contributed by atoms with E-state index >= 15 is 0 Å². The van der Waals surface area contributed by atoms with Gasteiger partial charge in [0.2, 0.25) is 0 Å². The summed E-state index contributed by atoms with van der Waals surface area (Å²) in [4.78, 5) is 0. The van der Waals surface area contributed by atoms with Gasteiger partial charge in [0.25, 0.3) is 0 Å². The molecule has 0 saturated heterocycles. The van der Waals surface area contributed by atoms with Crippen LogP contribution >= 0.6 is 22.6 Å². The highest BCUT2D eigenvalue weighted by Crippen LogP contribution is 2.25. The monoisotopic (exact) mass is 355 g/mol. The van der Waals surface area contributed by atoms with Crippen LogP contribution in [0.2, 0.25) is 0 Å². The summed E-state index contributed by atoms with van der Waals surface area (Å²) in [6.07, 6.45) is 0.955. The summed E-state index contributed by atoms with van der Waals surface area (Å²) in [5, 5.41) is 3.50. The molecule has 1 N–H and O–H groups in total. The Kier molecular flexibility index (Phi) is 4.58. The van der Waals surface area contributed by atoms with E-state index in [1.165, 1.54) is 15.7 Å². The molecule has 0 heterocycles. The third-order valence-corrected chi connectivity index (χ3v) is 3.82. The molecule has 1 nitrogen and oxygen atoms in total. The fraction of sp³-hybridized carbons (Fsp3) is 0.200. The van der Waals surface area contributed by atoms with Crippen molar-refractivity contribution in [3.63, 3.8) is 0 Å². The van der Waals surface area contributed by atoms with Gasteiger partial charge in [-0.2, -0.15) is 0 Å². The number of halogens is 2. The third-order valence-electron chi connectivity index (χ3n) is 2.88. The molecule has 1 atom stereocenters. The Balaban J connectivity index is 2.20. The van der Waals surface area contributed by atoms with E-state index in [-0.39, 0.29) is 11.9 Å². The Morgan fingerprint density at radius 2 is 1.78 bits per heavy atom. The predicted molar refractivity (Wildman–Crippen MR) is 82.2 cm³/mol. The lowest BCUT2D eigenvalue weighted by Crippen LogP contribution is -2.10. The van der Waals surface area contributed by atoms with Gasteiger partial charge in [-0.1, -0.05) is 31.2 Å². The average Bonchev–Trinajstić information content (AvgIpc) is 2.39. The van der Waals surface area contributed by atoms with Crippen LogP contribution in [0.4, 0.5) is 10.1 Å². The van der Waals surface area contributed by atoms with Crippen LogP contribution in [0.5, 0.6) is 0 Å². The molecule has 2 aromatic rings. The summed E-state index contributed by atoms with van der Waals surface area (Å²) < 4.78 is 14.1. The van der Waals surface area contributed by atoms with Crippen molar-refractivity contribution in [2.45, 2.75) is 19.4 Å². The minimum atomic E-state index is -0.192. The highest BCUT2D eigenvalue weighted by molar-refractivity contribution is 14.1. The zero-order valence-electron chi connectivity index (χ0n) is 10.2. The number of benzene rings is 2. The van der Waals surface area contributed by atoms with E-state index in [1.54, 1.807) is 0 Å². The minimum absolute atomic E-state index is 0.192. The Labute approximate surface area is 121 Å². The zero-order valence-corrected chi connectivity index (χ0v) is 12.3. The first-order valence-electron chi connectivity index (χ1n) is 5.97. The van der Waals surface area contributed by atoms with Gasteiger partial charge in [-0.05, 0) is 58.8 Å². The Morgan fingerprint density at radius 1 is 1.11 bits per heavy atom. The van der Waals surface area contributed by atoms with Crippen molar-refractivity contribution < 1.29 is 4.39 Å². The van der Waals surface area contributed by atoms with Gasteiger partial charge in [0.1, 0.15) is 5.82 Å². The quantitative estimate of drug-likeness (QED) is 0.762. The van der Waals surface area contributed by atoms with Crippen LogP contribution in [-0.2, 0) is 0 Å². The van der Waals surface area contributed by atoms with Crippen molar-refractivity contribution in [2.24, 2.45) is 0 Å². The van der Waals surface area contributed by atoms with Crippen molar-refractivity contribution >= 4 is 28.3 Å². The molecule has 2 aromatic carbocycles. The molecule has 94 valence electrons. The SMILES string of the molecule is CCC(Nc1ccccc1I)c1ccc(F)cc1. The van der Waals surface area contributed by atoms with Crippen LogP contribution < -0.4 is 5.32 Å². The van der Waals surface area contributed by atoms with E-state index in [1.807, 2.05) is 24.3 Å². The molecule has 0 fully saturated rings. The summed E-state index contributed by atoms with van der Waals surface area (Å²) in [6, 6.07) is 15.1. The third kappa shape index (κ3) is 3.22. The van der Waals surface area contributed by atoms with E-state index < -0.39 is 0 Å². The first kappa shape index (κ1) is 13.3. The lowest BCUT2D eigenvalue weighted by molar-refractivity contribution is 0.625. The van der Waals surface area contributed by atoms with Crippen LogP contribution in [0.15, 0.2) is 48.5 Å². The molecule has 1 unspecified atom stereocenters. The number of nitrogens with one attached hydrogen (secondary N) is 1. The molecule has 0 radical (unpaired) electrons. The normalized spacial score (nSPS) is 12.2. The van der Waals surface area contributed by atoms with Crippen molar-refractivity contribution in [2.75, 3.05) is 5.32 Å². The van der Waals surface area contributed by atoms with Gasteiger partial charge >= 0.3 is 0 Å². The molecule has 0 bridgehead atoms. The zero-order chi connectivity index (χ0) is 13.0. The molecule has 0 aliphatic carbocycles. The van der Waals surface area contributed by atoms with E-state index in [9.17, 15) is 4.39 Å². The number of anilines is 1. The molecule has 0 aliphatic heterocycles. The van der Waals surface area contributed by atoms with Gasteiger partial charge < -0.3 is 5.32 Å². The minimum Gasteiger partial charge on any atom is -0.377 e. The molecule has 0 aliphatic rings. The van der Waals surface area contributed by atoms with Crippen LogP contribution in [0.1, 0.15) is 24.9 Å². The van der Waals surface area contributed by atoms with Crippen LogP contribution in [0.3, 0.4) is 0 Å². The maximum atomic E-state index is 12.9. The maximum Gasteiger partial charge on any atom is 0.123 e. The molecule has 0 saturated carbocycles. The fourth-order valence-electron chi connectivity index (χ4n) is 1.88. The van der Waals surface area contributed by atoms with Crippen LogP contribution in [-0.4, -0.2) is 0 Å². The Morgan fingerprint density at radius 3 is 2.39 bits per heavy atom. The van der Waals surface area contributed by atoms with E-state index in [0.29, 0.717) is 0 Å². The molecule has 0 aromatic heterocycles.